The first kappa shape index (κ1) is 19.8. The third kappa shape index (κ3) is 5.27. The summed E-state index contributed by atoms with van der Waals surface area (Å²) in [7, 11) is 0. The van der Waals surface area contributed by atoms with Gasteiger partial charge >= 0.3 is 5.97 Å². The van der Waals surface area contributed by atoms with Gasteiger partial charge in [0, 0.05) is 24.2 Å². The van der Waals surface area contributed by atoms with Crippen LogP contribution in [-0.4, -0.2) is 21.8 Å². The van der Waals surface area contributed by atoms with Crippen molar-refractivity contribution in [3.05, 3.63) is 77.2 Å². The zero-order valence-corrected chi connectivity index (χ0v) is 16.3. The lowest BCUT2D eigenvalue weighted by atomic mass is 10.1. The second kappa shape index (κ2) is 8.35. The molecule has 1 heterocycles. The smallest absolute Gasteiger partial charge is 0.338 e. The molecule has 0 bridgehead atoms. The number of rotatable bonds is 6. The summed E-state index contributed by atoms with van der Waals surface area (Å²) in [5, 5.41) is 10.4. The molecule has 1 aromatic heterocycles. The summed E-state index contributed by atoms with van der Waals surface area (Å²) in [4.78, 5) is 12.1. The van der Waals surface area contributed by atoms with Crippen LogP contribution in [0.4, 0.5) is 4.39 Å². The number of ether oxygens (including phenoxy) is 1. The molecule has 3 rings (SSSR count). The summed E-state index contributed by atoms with van der Waals surface area (Å²) in [5.74, 6) is -0.591. The van der Waals surface area contributed by atoms with E-state index in [1.165, 1.54) is 12.1 Å². The number of nitrogens with one attached hydrogen (secondary N) is 2. The van der Waals surface area contributed by atoms with E-state index >= 15 is 0 Å². The van der Waals surface area contributed by atoms with Crippen LogP contribution in [-0.2, 0) is 17.8 Å². The van der Waals surface area contributed by atoms with Gasteiger partial charge in [-0.15, -0.1) is 0 Å². The molecule has 0 radical (unpaired) electrons. The van der Waals surface area contributed by atoms with Crippen LogP contribution in [0.5, 0.6) is 0 Å². The quantitative estimate of drug-likeness (QED) is 0.619. The standard InChI is InChI=1S/C22H24FN3O2/c1-22(2,3)28-21(27)17-6-4-15(5-7-17)12-24-13-18-14-25-26-20(18)16-8-10-19(23)11-9-16/h4-11,14,24H,12-13H2,1-3H3,(H,25,26). The molecule has 146 valence electrons. The van der Waals surface area contributed by atoms with Crippen LogP contribution in [0.2, 0.25) is 0 Å². The highest BCUT2D eigenvalue weighted by atomic mass is 19.1. The Kier molecular flexibility index (Phi) is 5.90. The van der Waals surface area contributed by atoms with E-state index < -0.39 is 5.60 Å². The first-order chi connectivity index (χ1) is 13.3. The van der Waals surface area contributed by atoms with Gasteiger partial charge in [-0.1, -0.05) is 12.1 Å². The topological polar surface area (TPSA) is 67.0 Å². The van der Waals surface area contributed by atoms with Crippen molar-refractivity contribution in [3.8, 4) is 11.3 Å². The average Bonchev–Trinajstić information content (AvgIpc) is 3.10. The van der Waals surface area contributed by atoms with Gasteiger partial charge in [0.15, 0.2) is 0 Å². The third-order valence-corrected chi connectivity index (χ3v) is 4.08. The van der Waals surface area contributed by atoms with Gasteiger partial charge in [0.1, 0.15) is 11.4 Å². The summed E-state index contributed by atoms with van der Waals surface area (Å²) in [6.07, 6.45) is 1.76. The molecular formula is C22H24FN3O2. The molecule has 5 nitrogen and oxygen atoms in total. The van der Waals surface area contributed by atoms with Crippen LogP contribution in [0.15, 0.2) is 54.7 Å². The second-order valence-corrected chi connectivity index (χ2v) is 7.58. The molecule has 0 atom stereocenters. The number of esters is 1. The van der Waals surface area contributed by atoms with E-state index in [9.17, 15) is 9.18 Å². The molecule has 2 N–H and O–H groups in total. The zero-order chi connectivity index (χ0) is 20.1. The van der Waals surface area contributed by atoms with Gasteiger partial charge in [0.05, 0.1) is 17.5 Å². The molecule has 0 aliphatic carbocycles. The maximum Gasteiger partial charge on any atom is 0.338 e. The van der Waals surface area contributed by atoms with Crippen LogP contribution >= 0.6 is 0 Å². The maximum atomic E-state index is 13.1. The maximum absolute atomic E-state index is 13.1. The SMILES string of the molecule is CC(C)(C)OC(=O)c1ccc(CNCc2cn[nH]c2-c2ccc(F)cc2)cc1. The molecule has 6 heteroatoms. The third-order valence-electron chi connectivity index (χ3n) is 4.08. The fraction of sp³-hybridized carbons (Fsp3) is 0.273. The Bertz CT molecular complexity index is 926. The predicted octanol–water partition coefficient (Wildman–Crippen LogP) is 4.46. The van der Waals surface area contributed by atoms with Crippen LogP contribution in [0.1, 0.15) is 42.3 Å². The summed E-state index contributed by atoms with van der Waals surface area (Å²) in [6, 6.07) is 13.7. The summed E-state index contributed by atoms with van der Waals surface area (Å²) in [5.41, 5.74) is 3.83. The number of H-pyrrole nitrogens is 1. The van der Waals surface area contributed by atoms with Gasteiger partial charge in [-0.05, 0) is 62.7 Å². The Morgan fingerprint density at radius 2 is 1.75 bits per heavy atom. The minimum atomic E-state index is -0.510. The monoisotopic (exact) mass is 381 g/mol. The predicted molar refractivity (Wildman–Crippen MR) is 106 cm³/mol. The van der Waals surface area contributed by atoms with E-state index in [-0.39, 0.29) is 11.8 Å². The normalized spacial score (nSPS) is 11.4. The lowest BCUT2D eigenvalue weighted by Gasteiger charge is -2.19. The first-order valence-corrected chi connectivity index (χ1v) is 9.13. The van der Waals surface area contributed by atoms with Crippen molar-refractivity contribution in [2.24, 2.45) is 0 Å². The van der Waals surface area contributed by atoms with E-state index in [1.807, 2.05) is 32.9 Å². The highest BCUT2D eigenvalue weighted by Crippen LogP contribution is 2.21. The van der Waals surface area contributed by atoms with Gasteiger partial charge in [-0.25, -0.2) is 9.18 Å². The minimum Gasteiger partial charge on any atom is -0.456 e. The van der Waals surface area contributed by atoms with Crippen molar-refractivity contribution in [3.63, 3.8) is 0 Å². The van der Waals surface area contributed by atoms with Gasteiger partial charge in [0.25, 0.3) is 0 Å². The minimum absolute atomic E-state index is 0.266. The molecule has 28 heavy (non-hydrogen) atoms. The van der Waals surface area contributed by atoms with Crippen molar-refractivity contribution >= 4 is 5.97 Å². The second-order valence-electron chi connectivity index (χ2n) is 7.58. The lowest BCUT2D eigenvalue weighted by Crippen LogP contribution is -2.23. The number of nitrogens with zero attached hydrogens (tertiary/aromatic N) is 1. The number of halogens is 1. The Morgan fingerprint density at radius 1 is 1.07 bits per heavy atom. The zero-order valence-electron chi connectivity index (χ0n) is 16.3. The summed E-state index contributed by atoms with van der Waals surface area (Å²) < 4.78 is 18.5. The van der Waals surface area contributed by atoms with Crippen LogP contribution < -0.4 is 5.32 Å². The van der Waals surface area contributed by atoms with Crippen molar-refractivity contribution in [1.82, 2.24) is 15.5 Å². The summed E-state index contributed by atoms with van der Waals surface area (Å²) in [6.45, 7) is 6.79. The van der Waals surface area contributed by atoms with Crippen molar-refractivity contribution in [1.29, 1.82) is 0 Å². The Labute approximate surface area is 163 Å². The van der Waals surface area contributed by atoms with Crippen LogP contribution in [0, 0.1) is 5.82 Å². The number of carbonyl (C=O) groups is 1. The molecule has 0 amide bonds. The highest BCUT2D eigenvalue weighted by molar-refractivity contribution is 5.89. The fourth-order valence-electron chi connectivity index (χ4n) is 2.75. The lowest BCUT2D eigenvalue weighted by molar-refractivity contribution is 0.00695. The molecule has 0 fully saturated rings. The molecule has 3 aromatic rings. The van der Waals surface area contributed by atoms with E-state index in [0.29, 0.717) is 18.7 Å². The number of hydrogen-bond donors (Lipinski definition) is 2. The number of benzene rings is 2. The number of aromatic nitrogens is 2. The molecule has 0 saturated heterocycles. The van der Waals surface area contributed by atoms with Gasteiger partial charge in [0.2, 0.25) is 0 Å². The Balaban J connectivity index is 1.57. The molecule has 2 aromatic carbocycles. The summed E-state index contributed by atoms with van der Waals surface area (Å²) >= 11 is 0. The Hall–Kier alpha value is -2.99. The average molecular weight is 381 g/mol. The van der Waals surface area contributed by atoms with E-state index in [0.717, 1.165) is 22.4 Å². The number of hydrogen-bond acceptors (Lipinski definition) is 4. The molecular weight excluding hydrogens is 357 g/mol. The fourth-order valence-corrected chi connectivity index (χ4v) is 2.75. The number of carbonyl (C=O) groups excluding carboxylic acids is 1. The van der Waals surface area contributed by atoms with E-state index in [4.69, 9.17) is 4.74 Å². The van der Waals surface area contributed by atoms with Crippen LogP contribution in [0.25, 0.3) is 11.3 Å². The van der Waals surface area contributed by atoms with Gasteiger partial charge in [-0.2, -0.15) is 5.10 Å². The van der Waals surface area contributed by atoms with Gasteiger partial charge < -0.3 is 10.1 Å². The van der Waals surface area contributed by atoms with Gasteiger partial charge in [-0.3, -0.25) is 5.10 Å². The Morgan fingerprint density at radius 3 is 2.39 bits per heavy atom. The molecule has 0 saturated carbocycles. The molecule has 0 aliphatic rings. The van der Waals surface area contributed by atoms with Crippen molar-refractivity contribution < 1.29 is 13.9 Å². The van der Waals surface area contributed by atoms with Crippen molar-refractivity contribution in [2.45, 2.75) is 39.5 Å². The van der Waals surface area contributed by atoms with Crippen LogP contribution in [0.3, 0.4) is 0 Å². The van der Waals surface area contributed by atoms with Crippen molar-refractivity contribution in [2.75, 3.05) is 0 Å². The molecule has 0 unspecified atom stereocenters. The highest BCUT2D eigenvalue weighted by Gasteiger charge is 2.17. The van der Waals surface area contributed by atoms with E-state index in [2.05, 4.69) is 15.5 Å². The number of aromatic amines is 1. The first-order valence-electron chi connectivity index (χ1n) is 9.13. The largest absolute Gasteiger partial charge is 0.456 e. The molecule has 0 spiro atoms. The molecule has 0 aliphatic heterocycles. The van der Waals surface area contributed by atoms with E-state index in [1.54, 1.807) is 30.5 Å².